The van der Waals surface area contributed by atoms with E-state index in [1.165, 1.54) is 23.1 Å². The van der Waals surface area contributed by atoms with E-state index in [9.17, 15) is 18.0 Å². The molecule has 1 amide bonds. The zero-order valence-corrected chi connectivity index (χ0v) is 15.0. The summed E-state index contributed by atoms with van der Waals surface area (Å²) in [6.45, 7) is 1.62. The first kappa shape index (κ1) is 18.5. The average Bonchev–Trinajstić information content (AvgIpc) is 3.10. The highest BCUT2D eigenvalue weighted by atomic mass is 19.4. The lowest BCUT2D eigenvalue weighted by molar-refractivity contribution is -0.137. The van der Waals surface area contributed by atoms with Crippen LogP contribution in [-0.4, -0.2) is 30.5 Å². The van der Waals surface area contributed by atoms with Crippen LogP contribution in [0.4, 0.5) is 13.2 Å². The summed E-state index contributed by atoms with van der Waals surface area (Å²) >= 11 is 0. The van der Waals surface area contributed by atoms with Gasteiger partial charge in [0.15, 0.2) is 11.6 Å². The van der Waals surface area contributed by atoms with E-state index in [0.717, 1.165) is 12.1 Å². The van der Waals surface area contributed by atoms with Crippen LogP contribution in [0, 0.1) is 6.92 Å². The maximum atomic E-state index is 13.0. The lowest BCUT2D eigenvalue weighted by Gasteiger charge is -2.11. The summed E-state index contributed by atoms with van der Waals surface area (Å²) in [6.07, 6.45) is 1.43. The van der Waals surface area contributed by atoms with E-state index in [1.807, 2.05) is 0 Å². The van der Waals surface area contributed by atoms with Crippen LogP contribution in [-0.2, 0) is 6.18 Å². The van der Waals surface area contributed by atoms with E-state index in [-0.39, 0.29) is 16.9 Å². The molecule has 0 saturated heterocycles. The first-order valence-corrected chi connectivity index (χ1v) is 8.43. The molecule has 10 heteroatoms. The van der Waals surface area contributed by atoms with Crippen molar-refractivity contribution in [2.24, 2.45) is 0 Å². The minimum Gasteiger partial charge on any atom is -0.267 e. The Morgan fingerprint density at radius 2 is 1.83 bits per heavy atom. The summed E-state index contributed by atoms with van der Waals surface area (Å²) in [7, 11) is 0. The van der Waals surface area contributed by atoms with Gasteiger partial charge in [0, 0.05) is 30.2 Å². The van der Waals surface area contributed by atoms with Crippen LogP contribution in [0.15, 0.2) is 55.1 Å². The van der Waals surface area contributed by atoms with E-state index in [0.29, 0.717) is 16.9 Å². The van der Waals surface area contributed by atoms with Crippen molar-refractivity contribution in [2.75, 3.05) is 5.43 Å². The van der Waals surface area contributed by atoms with Gasteiger partial charge in [0.1, 0.15) is 0 Å². The van der Waals surface area contributed by atoms with Gasteiger partial charge in [0.05, 0.1) is 22.3 Å². The van der Waals surface area contributed by atoms with Gasteiger partial charge in [-0.15, -0.1) is 0 Å². The Morgan fingerprint density at radius 1 is 1.07 bits per heavy atom. The number of aromatic nitrogens is 5. The van der Waals surface area contributed by atoms with E-state index in [2.05, 4.69) is 25.4 Å². The molecule has 0 spiro atoms. The Hall–Kier alpha value is -3.82. The van der Waals surface area contributed by atoms with E-state index in [4.69, 9.17) is 0 Å². The number of amides is 1. The second-order valence-electron chi connectivity index (χ2n) is 6.16. The predicted molar refractivity (Wildman–Crippen MR) is 98.4 cm³/mol. The lowest BCUT2D eigenvalue weighted by Crippen LogP contribution is -2.23. The molecule has 0 unspecified atom stereocenters. The smallest absolute Gasteiger partial charge is 0.267 e. The molecule has 0 bridgehead atoms. The number of hydrogen-bond donors (Lipinski definition) is 1. The topological polar surface area (TPSA) is 85.6 Å². The largest absolute Gasteiger partial charge is 0.416 e. The molecule has 146 valence electrons. The van der Waals surface area contributed by atoms with Gasteiger partial charge in [-0.05, 0) is 31.2 Å². The van der Waals surface area contributed by atoms with Crippen molar-refractivity contribution in [3.05, 3.63) is 71.9 Å². The second-order valence-corrected chi connectivity index (χ2v) is 6.16. The van der Waals surface area contributed by atoms with Gasteiger partial charge in [-0.25, -0.2) is 19.9 Å². The highest BCUT2D eigenvalue weighted by molar-refractivity contribution is 6.01. The second kappa shape index (κ2) is 6.97. The van der Waals surface area contributed by atoms with Crippen LogP contribution in [0.2, 0.25) is 0 Å². The van der Waals surface area contributed by atoms with Crippen LogP contribution in [0.3, 0.4) is 0 Å². The molecule has 29 heavy (non-hydrogen) atoms. The van der Waals surface area contributed by atoms with E-state index >= 15 is 0 Å². The monoisotopic (exact) mass is 398 g/mol. The van der Waals surface area contributed by atoms with Crippen molar-refractivity contribution in [3.63, 3.8) is 0 Å². The van der Waals surface area contributed by atoms with Gasteiger partial charge in [-0.2, -0.15) is 13.2 Å². The molecular weight excluding hydrogens is 385 g/mol. The fourth-order valence-corrected chi connectivity index (χ4v) is 2.78. The maximum Gasteiger partial charge on any atom is 0.416 e. The summed E-state index contributed by atoms with van der Waals surface area (Å²) in [4.78, 5) is 29.1. The number of hydrogen-bond acceptors (Lipinski definition) is 5. The van der Waals surface area contributed by atoms with Gasteiger partial charge in [0.25, 0.3) is 5.91 Å². The molecule has 3 aromatic heterocycles. The number of benzene rings is 1. The van der Waals surface area contributed by atoms with Gasteiger partial charge in [0.2, 0.25) is 0 Å². The first-order chi connectivity index (χ1) is 13.8. The Morgan fingerprint density at radius 3 is 2.52 bits per heavy atom. The minimum absolute atomic E-state index is 0.179. The Bertz CT molecular complexity index is 1200. The molecule has 3 heterocycles. The first-order valence-electron chi connectivity index (χ1n) is 8.43. The number of carbonyl (C=O) groups is 1. The van der Waals surface area contributed by atoms with Crippen LogP contribution < -0.4 is 5.43 Å². The predicted octanol–water partition coefficient (Wildman–Crippen LogP) is 3.60. The average molecular weight is 398 g/mol. The fraction of sp³-hybridized carbons (Fsp3) is 0.105. The van der Waals surface area contributed by atoms with Crippen LogP contribution in [0.5, 0.6) is 0 Å². The van der Waals surface area contributed by atoms with Crippen molar-refractivity contribution in [1.29, 1.82) is 0 Å². The fourth-order valence-electron chi connectivity index (χ4n) is 2.78. The zero-order chi connectivity index (χ0) is 20.6. The van der Waals surface area contributed by atoms with Crippen LogP contribution in [0.1, 0.15) is 21.6 Å². The molecule has 0 radical (unpaired) electrons. The van der Waals surface area contributed by atoms with Gasteiger partial charge in [-0.3, -0.25) is 14.9 Å². The third-order valence-electron chi connectivity index (χ3n) is 4.23. The summed E-state index contributed by atoms with van der Waals surface area (Å²) in [5.41, 5.74) is 2.54. The summed E-state index contributed by atoms with van der Waals surface area (Å²) in [6, 6.07) is 6.59. The molecule has 0 atom stereocenters. The van der Waals surface area contributed by atoms with Gasteiger partial charge in [-0.1, -0.05) is 6.07 Å². The van der Waals surface area contributed by atoms with Crippen molar-refractivity contribution >= 4 is 16.8 Å². The highest BCUT2D eigenvalue weighted by Gasteiger charge is 2.30. The number of aryl methyl sites for hydroxylation is 1. The van der Waals surface area contributed by atoms with Crippen molar-refractivity contribution in [2.45, 2.75) is 13.1 Å². The summed E-state index contributed by atoms with van der Waals surface area (Å²) in [5, 5.41) is 0.558. The Labute approximate surface area is 162 Å². The van der Waals surface area contributed by atoms with E-state index in [1.54, 1.807) is 31.5 Å². The molecule has 1 aromatic carbocycles. The molecule has 0 aliphatic heterocycles. The number of rotatable bonds is 3. The third kappa shape index (κ3) is 3.64. The third-order valence-corrected chi connectivity index (χ3v) is 4.23. The zero-order valence-electron chi connectivity index (χ0n) is 15.0. The molecule has 4 aromatic rings. The Kier molecular flexibility index (Phi) is 4.45. The maximum absolute atomic E-state index is 13.0. The molecule has 1 N–H and O–H groups in total. The molecular formula is C19H13F3N6O. The normalized spacial score (nSPS) is 11.6. The SMILES string of the molecule is Cc1nc(-c2ncccn2)ncc1C(=O)Nn1ccc2ccc(C(F)(F)F)cc21. The van der Waals surface area contributed by atoms with Crippen molar-refractivity contribution in [1.82, 2.24) is 24.6 Å². The van der Waals surface area contributed by atoms with Crippen LogP contribution >= 0.6 is 0 Å². The molecule has 7 nitrogen and oxygen atoms in total. The molecule has 0 aliphatic rings. The van der Waals surface area contributed by atoms with Crippen LogP contribution in [0.25, 0.3) is 22.6 Å². The lowest BCUT2D eigenvalue weighted by atomic mass is 10.1. The molecule has 0 aliphatic carbocycles. The quantitative estimate of drug-likeness (QED) is 0.570. The highest BCUT2D eigenvalue weighted by Crippen LogP contribution is 2.31. The number of nitrogens with one attached hydrogen (secondary N) is 1. The summed E-state index contributed by atoms with van der Waals surface area (Å²) in [5.74, 6) is 0.0254. The number of alkyl halides is 3. The van der Waals surface area contributed by atoms with E-state index < -0.39 is 17.6 Å². The standard InChI is InChI=1S/C19H13F3N6O/c1-11-14(10-25-17(26-11)16-23-6-2-7-24-16)18(29)27-28-8-5-12-3-4-13(9-15(12)28)19(20,21)22/h2-10H,1H3,(H,27,29). The number of halogens is 3. The van der Waals surface area contributed by atoms with Crippen molar-refractivity contribution < 1.29 is 18.0 Å². The summed E-state index contributed by atoms with van der Waals surface area (Å²) < 4.78 is 40.2. The minimum atomic E-state index is -4.48. The molecule has 0 saturated carbocycles. The number of nitrogens with zero attached hydrogens (tertiary/aromatic N) is 5. The molecule has 4 rings (SSSR count). The van der Waals surface area contributed by atoms with Crippen molar-refractivity contribution in [3.8, 4) is 11.6 Å². The molecule has 0 fully saturated rings. The number of fused-ring (bicyclic) bond motifs is 1. The van der Waals surface area contributed by atoms with Gasteiger partial charge >= 0.3 is 6.18 Å². The number of carbonyl (C=O) groups excluding carboxylic acids is 1. The van der Waals surface area contributed by atoms with Gasteiger partial charge < -0.3 is 0 Å². The Balaban J connectivity index is 1.63.